The number of rotatable bonds is 5. The van der Waals surface area contributed by atoms with Crippen LogP contribution in [0.3, 0.4) is 0 Å². The van der Waals surface area contributed by atoms with Gasteiger partial charge in [-0.2, -0.15) is 15.8 Å². The Morgan fingerprint density at radius 3 is 2.15 bits per heavy atom. The number of nitrogens with zero attached hydrogens (tertiary/aromatic N) is 4. The molecule has 0 spiro atoms. The molecular weight excluding hydrogens is 248 g/mol. The molecule has 3 unspecified atom stereocenters. The van der Waals surface area contributed by atoms with Crippen molar-refractivity contribution in [2.45, 2.75) is 52.5 Å². The minimum absolute atomic E-state index is 0.0453. The summed E-state index contributed by atoms with van der Waals surface area (Å²) in [6.07, 6.45) is 3.98. The molecular formula is C16H24N4. The minimum atomic E-state index is -0.0550. The van der Waals surface area contributed by atoms with Gasteiger partial charge in [-0.3, -0.25) is 4.90 Å². The molecule has 0 heterocycles. The van der Waals surface area contributed by atoms with E-state index in [0.717, 1.165) is 25.7 Å². The van der Waals surface area contributed by atoms with Gasteiger partial charge in [0.05, 0.1) is 37.2 Å². The lowest BCUT2D eigenvalue weighted by molar-refractivity contribution is 0.0644. The quantitative estimate of drug-likeness (QED) is 0.721. The van der Waals surface area contributed by atoms with E-state index in [1.807, 2.05) is 4.90 Å². The topological polar surface area (TPSA) is 74.6 Å². The van der Waals surface area contributed by atoms with Crippen LogP contribution in [0.4, 0.5) is 0 Å². The number of nitriles is 3. The molecule has 20 heavy (non-hydrogen) atoms. The van der Waals surface area contributed by atoms with Crippen LogP contribution in [0.15, 0.2) is 0 Å². The van der Waals surface area contributed by atoms with Crippen molar-refractivity contribution in [2.24, 2.45) is 17.3 Å². The molecule has 3 atom stereocenters. The van der Waals surface area contributed by atoms with Gasteiger partial charge in [-0.15, -0.1) is 0 Å². The van der Waals surface area contributed by atoms with Gasteiger partial charge in [0.2, 0.25) is 0 Å². The molecule has 0 amide bonds. The fourth-order valence-corrected chi connectivity index (χ4v) is 3.17. The van der Waals surface area contributed by atoms with Gasteiger partial charge in [0, 0.05) is 6.04 Å². The van der Waals surface area contributed by atoms with E-state index in [-0.39, 0.29) is 30.5 Å². The zero-order valence-electron chi connectivity index (χ0n) is 12.8. The van der Waals surface area contributed by atoms with Gasteiger partial charge in [-0.25, -0.2) is 0 Å². The predicted octanol–water partition coefficient (Wildman–Crippen LogP) is 3.08. The Morgan fingerprint density at radius 2 is 1.70 bits per heavy atom. The first-order valence-corrected chi connectivity index (χ1v) is 7.37. The van der Waals surface area contributed by atoms with Crippen molar-refractivity contribution in [1.29, 1.82) is 15.8 Å². The van der Waals surface area contributed by atoms with E-state index in [9.17, 15) is 5.26 Å². The van der Waals surface area contributed by atoms with E-state index in [4.69, 9.17) is 10.5 Å². The van der Waals surface area contributed by atoms with E-state index >= 15 is 0 Å². The third kappa shape index (κ3) is 3.72. The van der Waals surface area contributed by atoms with E-state index in [1.54, 1.807) is 0 Å². The molecule has 0 aliphatic heterocycles. The fourth-order valence-electron chi connectivity index (χ4n) is 3.17. The van der Waals surface area contributed by atoms with Crippen LogP contribution in [0.25, 0.3) is 0 Å². The second-order valence-corrected chi connectivity index (χ2v) is 6.38. The maximum absolute atomic E-state index is 9.35. The molecule has 1 aliphatic carbocycles. The van der Waals surface area contributed by atoms with Gasteiger partial charge in [0.1, 0.15) is 0 Å². The van der Waals surface area contributed by atoms with Gasteiger partial charge < -0.3 is 0 Å². The summed E-state index contributed by atoms with van der Waals surface area (Å²) in [5.41, 5.74) is 0.254. The summed E-state index contributed by atoms with van der Waals surface area (Å²) in [6.45, 7) is 7.22. The van der Waals surface area contributed by atoms with Crippen LogP contribution in [0.2, 0.25) is 0 Å². The molecule has 1 fully saturated rings. The first kappa shape index (κ1) is 16.5. The highest BCUT2D eigenvalue weighted by Crippen LogP contribution is 2.43. The van der Waals surface area contributed by atoms with Gasteiger partial charge in [-0.05, 0) is 30.6 Å². The van der Waals surface area contributed by atoms with Crippen molar-refractivity contribution in [3.05, 3.63) is 0 Å². The van der Waals surface area contributed by atoms with Gasteiger partial charge in [0.25, 0.3) is 0 Å². The SMILES string of the molecule is CCC(C)(C)C1CCC(C#N)C(N(CC#N)CC#N)C1. The van der Waals surface area contributed by atoms with Crippen molar-refractivity contribution < 1.29 is 0 Å². The Hall–Kier alpha value is -1.57. The molecule has 0 N–H and O–H groups in total. The van der Waals surface area contributed by atoms with E-state index in [0.29, 0.717) is 5.92 Å². The van der Waals surface area contributed by atoms with Crippen molar-refractivity contribution in [3.8, 4) is 18.2 Å². The average Bonchev–Trinajstić information content (AvgIpc) is 2.46. The summed E-state index contributed by atoms with van der Waals surface area (Å²) in [5, 5.41) is 27.2. The normalized spacial score (nSPS) is 26.6. The van der Waals surface area contributed by atoms with Crippen LogP contribution >= 0.6 is 0 Å². The van der Waals surface area contributed by atoms with Crippen LogP contribution in [0, 0.1) is 51.2 Å². The predicted molar refractivity (Wildman–Crippen MR) is 77.1 cm³/mol. The first-order valence-electron chi connectivity index (χ1n) is 7.37. The second-order valence-electron chi connectivity index (χ2n) is 6.38. The van der Waals surface area contributed by atoms with Crippen molar-refractivity contribution in [1.82, 2.24) is 4.90 Å². The average molecular weight is 272 g/mol. The number of hydrogen-bond acceptors (Lipinski definition) is 4. The standard InChI is InChI=1S/C16H24N4/c1-4-16(2,3)14-6-5-13(12-19)15(11-14)20(9-7-17)10-8-18/h13-15H,4-6,9-11H2,1-3H3. The van der Waals surface area contributed by atoms with Crippen LogP contribution in [-0.4, -0.2) is 24.0 Å². The molecule has 4 heteroatoms. The minimum Gasteiger partial charge on any atom is -0.273 e. The summed E-state index contributed by atoms with van der Waals surface area (Å²) < 4.78 is 0. The van der Waals surface area contributed by atoms with Gasteiger partial charge in [0.15, 0.2) is 0 Å². The molecule has 108 valence electrons. The fraction of sp³-hybridized carbons (Fsp3) is 0.812. The molecule has 4 nitrogen and oxygen atoms in total. The Balaban J connectivity index is 2.91. The highest BCUT2D eigenvalue weighted by atomic mass is 15.2. The van der Waals surface area contributed by atoms with E-state index in [1.165, 1.54) is 0 Å². The Labute approximate surface area is 122 Å². The van der Waals surface area contributed by atoms with Crippen LogP contribution in [-0.2, 0) is 0 Å². The highest BCUT2D eigenvalue weighted by Gasteiger charge is 2.39. The smallest absolute Gasteiger partial charge is 0.0877 e. The molecule has 0 saturated heterocycles. The third-order valence-corrected chi connectivity index (χ3v) is 5.02. The molecule has 0 bridgehead atoms. The first-order chi connectivity index (χ1) is 9.50. The summed E-state index contributed by atoms with van der Waals surface area (Å²) >= 11 is 0. The molecule has 0 aromatic carbocycles. The zero-order valence-corrected chi connectivity index (χ0v) is 12.8. The third-order valence-electron chi connectivity index (χ3n) is 5.02. The van der Waals surface area contributed by atoms with Crippen molar-refractivity contribution in [3.63, 3.8) is 0 Å². The molecule has 0 aromatic rings. The molecule has 0 radical (unpaired) electrons. The zero-order chi connectivity index (χ0) is 15.2. The summed E-state index contributed by atoms with van der Waals surface area (Å²) in [4.78, 5) is 1.88. The molecule has 1 aliphatic rings. The van der Waals surface area contributed by atoms with E-state index in [2.05, 4.69) is 39.0 Å². The summed E-state index contributed by atoms with van der Waals surface area (Å²) in [6, 6.07) is 6.68. The van der Waals surface area contributed by atoms with Crippen molar-refractivity contribution in [2.75, 3.05) is 13.1 Å². The number of hydrogen-bond donors (Lipinski definition) is 0. The maximum Gasteiger partial charge on any atom is 0.0877 e. The molecule has 0 aromatic heterocycles. The van der Waals surface area contributed by atoms with Crippen molar-refractivity contribution >= 4 is 0 Å². The van der Waals surface area contributed by atoms with Crippen LogP contribution in [0.5, 0.6) is 0 Å². The second kappa shape index (κ2) is 7.28. The Kier molecular flexibility index (Phi) is 6.00. The largest absolute Gasteiger partial charge is 0.273 e. The molecule has 1 rings (SSSR count). The highest BCUT2D eigenvalue weighted by molar-refractivity contribution is 5.02. The lowest BCUT2D eigenvalue weighted by Gasteiger charge is -2.44. The maximum atomic E-state index is 9.35. The summed E-state index contributed by atoms with van der Waals surface area (Å²) in [7, 11) is 0. The monoisotopic (exact) mass is 272 g/mol. The van der Waals surface area contributed by atoms with Gasteiger partial charge in [-0.1, -0.05) is 27.2 Å². The van der Waals surface area contributed by atoms with Crippen LogP contribution < -0.4 is 0 Å². The van der Waals surface area contributed by atoms with Crippen LogP contribution in [0.1, 0.15) is 46.5 Å². The van der Waals surface area contributed by atoms with E-state index < -0.39 is 0 Å². The van der Waals surface area contributed by atoms with Gasteiger partial charge >= 0.3 is 0 Å². The molecule has 1 saturated carbocycles. The Bertz CT molecular complexity index is 419. The Morgan fingerprint density at radius 1 is 1.10 bits per heavy atom. The summed E-state index contributed by atoms with van der Waals surface area (Å²) in [5.74, 6) is 0.502. The lowest BCUT2D eigenvalue weighted by Crippen LogP contribution is -2.46. The lowest BCUT2D eigenvalue weighted by atomic mass is 9.66.